The van der Waals surface area contributed by atoms with Crippen molar-refractivity contribution in [2.24, 2.45) is 5.92 Å². The predicted octanol–water partition coefficient (Wildman–Crippen LogP) is 3.48. The zero-order valence-electron chi connectivity index (χ0n) is 16.8. The maximum atomic E-state index is 14.0. The first-order valence-electron chi connectivity index (χ1n) is 9.62. The zero-order chi connectivity index (χ0) is 24.2. The molecule has 13 heteroatoms. The SMILES string of the molecule is O=C(Nc1ccc(F)cc1C(=O)N(OC(=O)C(F)(F)F)c1ccc(Cl)cn1)C1CCNCC1. The lowest BCUT2D eigenvalue weighted by molar-refractivity contribution is -0.200. The van der Waals surface area contributed by atoms with E-state index in [1.807, 2.05) is 0 Å². The van der Waals surface area contributed by atoms with Gasteiger partial charge in [-0.1, -0.05) is 11.6 Å². The van der Waals surface area contributed by atoms with Gasteiger partial charge in [-0.3, -0.25) is 9.59 Å². The fraction of sp³-hybridized carbons (Fsp3) is 0.300. The minimum Gasteiger partial charge on any atom is -0.325 e. The third kappa shape index (κ3) is 6.17. The van der Waals surface area contributed by atoms with Crippen LogP contribution in [-0.4, -0.2) is 42.0 Å². The summed E-state index contributed by atoms with van der Waals surface area (Å²) in [5.74, 6) is -6.34. The number of nitrogens with zero attached hydrogens (tertiary/aromatic N) is 2. The normalized spacial score (nSPS) is 14.5. The topological polar surface area (TPSA) is 101 Å². The van der Waals surface area contributed by atoms with Crippen molar-refractivity contribution < 1.29 is 36.8 Å². The number of benzene rings is 1. The monoisotopic (exact) mass is 488 g/mol. The molecule has 0 bridgehead atoms. The van der Waals surface area contributed by atoms with Gasteiger partial charge in [0.25, 0.3) is 5.91 Å². The van der Waals surface area contributed by atoms with Crippen LogP contribution in [-0.2, 0) is 14.4 Å². The molecule has 1 saturated heterocycles. The Bertz CT molecular complexity index is 1040. The smallest absolute Gasteiger partial charge is 0.325 e. The zero-order valence-corrected chi connectivity index (χ0v) is 17.5. The van der Waals surface area contributed by atoms with E-state index in [9.17, 15) is 31.9 Å². The number of nitrogens with one attached hydrogen (secondary N) is 2. The minimum absolute atomic E-state index is 0.0406. The summed E-state index contributed by atoms with van der Waals surface area (Å²) in [6.07, 6.45) is -3.37. The number of aromatic nitrogens is 1. The van der Waals surface area contributed by atoms with Gasteiger partial charge in [0, 0.05) is 12.1 Å². The van der Waals surface area contributed by atoms with Crippen LogP contribution in [0.25, 0.3) is 0 Å². The highest BCUT2D eigenvalue weighted by molar-refractivity contribution is 6.30. The second-order valence-electron chi connectivity index (χ2n) is 7.01. The predicted molar refractivity (Wildman–Crippen MR) is 109 cm³/mol. The van der Waals surface area contributed by atoms with E-state index in [0.29, 0.717) is 32.0 Å². The third-order valence-corrected chi connectivity index (χ3v) is 4.91. The number of carbonyl (C=O) groups excluding carboxylic acids is 3. The molecule has 1 fully saturated rings. The molecule has 0 aliphatic carbocycles. The fourth-order valence-corrected chi connectivity index (χ4v) is 3.16. The Hall–Kier alpha value is -3.25. The average Bonchev–Trinajstić information content (AvgIpc) is 2.78. The largest absolute Gasteiger partial charge is 0.493 e. The summed E-state index contributed by atoms with van der Waals surface area (Å²) >= 11 is 5.71. The highest BCUT2D eigenvalue weighted by Crippen LogP contribution is 2.26. The van der Waals surface area contributed by atoms with E-state index < -0.39 is 41.2 Å². The molecule has 1 aromatic carbocycles. The molecule has 0 saturated carbocycles. The molecule has 0 atom stereocenters. The number of carbonyl (C=O) groups is 3. The first-order valence-corrected chi connectivity index (χ1v) is 10.0. The van der Waals surface area contributed by atoms with E-state index in [-0.39, 0.29) is 21.7 Å². The average molecular weight is 489 g/mol. The second-order valence-corrected chi connectivity index (χ2v) is 7.45. The van der Waals surface area contributed by atoms with Crippen LogP contribution >= 0.6 is 11.6 Å². The summed E-state index contributed by atoms with van der Waals surface area (Å²) in [5.41, 5.74) is -0.726. The first-order chi connectivity index (χ1) is 15.6. The van der Waals surface area contributed by atoms with E-state index in [1.54, 1.807) is 0 Å². The molecular formula is C20H17ClF4N4O4. The van der Waals surface area contributed by atoms with Crippen molar-refractivity contribution >= 4 is 40.9 Å². The number of hydrogen-bond acceptors (Lipinski definition) is 6. The molecule has 0 radical (unpaired) electrons. The maximum absolute atomic E-state index is 14.0. The van der Waals surface area contributed by atoms with Gasteiger partial charge in [0.1, 0.15) is 5.82 Å². The number of hydrogen-bond donors (Lipinski definition) is 2. The van der Waals surface area contributed by atoms with Gasteiger partial charge in [-0.25, -0.2) is 14.2 Å². The summed E-state index contributed by atoms with van der Waals surface area (Å²) < 4.78 is 52.4. The molecule has 0 spiro atoms. The molecule has 3 rings (SSSR count). The molecule has 1 aromatic heterocycles. The Morgan fingerprint density at radius 3 is 2.45 bits per heavy atom. The van der Waals surface area contributed by atoms with Gasteiger partial charge in [-0.05, 0) is 56.3 Å². The van der Waals surface area contributed by atoms with Crippen molar-refractivity contribution in [2.75, 3.05) is 23.5 Å². The highest BCUT2D eigenvalue weighted by atomic mass is 35.5. The standard InChI is InChI=1S/C20H17ClF4N4O4/c21-12-1-4-16(27-10-12)29(33-19(32)20(23,24)25)18(31)14-9-13(22)2-3-15(14)28-17(30)11-5-7-26-8-6-11/h1-4,9-11,26H,5-8H2,(H,28,30). The number of rotatable bonds is 4. The lowest BCUT2D eigenvalue weighted by atomic mass is 9.97. The number of hydroxylamine groups is 1. The van der Waals surface area contributed by atoms with E-state index in [0.717, 1.165) is 24.4 Å². The third-order valence-electron chi connectivity index (χ3n) is 4.69. The van der Waals surface area contributed by atoms with E-state index in [4.69, 9.17) is 11.6 Å². The second kappa shape index (κ2) is 10.1. The molecule has 1 aliphatic rings. The summed E-state index contributed by atoms with van der Waals surface area (Å²) in [4.78, 5) is 45.1. The van der Waals surface area contributed by atoms with Gasteiger partial charge in [0.15, 0.2) is 5.82 Å². The molecule has 8 nitrogen and oxygen atoms in total. The molecule has 2 aromatic rings. The molecule has 2 N–H and O–H groups in total. The molecular weight excluding hydrogens is 472 g/mol. The van der Waals surface area contributed by atoms with Crippen LogP contribution in [0.5, 0.6) is 0 Å². The van der Waals surface area contributed by atoms with E-state index in [2.05, 4.69) is 20.5 Å². The van der Waals surface area contributed by atoms with Crippen molar-refractivity contribution in [3.63, 3.8) is 0 Å². The van der Waals surface area contributed by atoms with Crippen LogP contribution in [0.4, 0.5) is 29.1 Å². The number of alkyl halides is 3. The van der Waals surface area contributed by atoms with Gasteiger partial charge >= 0.3 is 12.1 Å². The van der Waals surface area contributed by atoms with Crippen molar-refractivity contribution in [3.05, 3.63) is 52.9 Å². The Morgan fingerprint density at radius 2 is 1.85 bits per heavy atom. The van der Waals surface area contributed by atoms with Gasteiger partial charge in [-0.2, -0.15) is 13.2 Å². The van der Waals surface area contributed by atoms with E-state index in [1.165, 1.54) is 6.07 Å². The summed E-state index contributed by atoms with van der Waals surface area (Å²) in [6.45, 7) is 1.22. The Labute approximate surface area is 189 Å². The number of pyridine rings is 1. The summed E-state index contributed by atoms with van der Waals surface area (Å²) in [7, 11) is 0. The number of piperidine rings is 1. The van der Waals surface area contributed by atoms with Crippen LogP contribution in [0.1, 0.15) is 23.2 Å². The van der Waals surface area contributed by atoms with Crippen molar-refractivity contribution in [3.8, 4) is 0 Å². The lowest BCUT2D eigenvalue weighted by Gasteiger charge is -2.24. The van der Waals surface area contributed by atoms with Gasteiger partial charge in [-0.15, -0.1) is 5.06 Å². The minimum atomic E-state index is -5.43. The van der Waals surface area contributed by atoms with Crippen LogP contribution in [0, 0.1) is 11.7 Å². The van der Waals surface area contributed by atoms with Gasteiger partial charge < -0.3 is 15.5 Å². The quantitative estimate of drug-likeness (QED) is 0.505. The lowest BCUT2D eigenvalue weighted by Crippen LogP contribution is -2.40. The summed E-state index contributed by atoms with van der Waals surface area (Å²) in [5, 5.41) is 5.64. The van der Waals surface area contributed by atoms with Crippen LogP contribution < -0.4 is 15.7 Å². The Morgan fingerprint density at radius 1 is 1.15 bits per heavy atom. The van der Waals surface area contributed by atoms with E-state index >= 15 is 0 Å². The van der Waals surface area contributed by atoms with Crippen LogP contribution in [0.2, 0.25) is 5.02 Å². The van der Waals surface area contributed by atoms with Crippen molar-refractivity contribution in [1.29, 1.82) is 0 Å². The number of anilines is 2. The van der Waals surface area contributed by atoms with Crippen LogP contribution in [0.3, 0.4) is 0 Å². The first kappa shape index (κ1) is 24.4. The number of amides is 2. The van der Waals surface area contributed by atoms with Crippen molar-refractivity contribution in [2.45, 2.75) is 19.0 Å². The highest BCUT2D eigenvalue weighted by Gasteiger charge is 2.44. The molecule has 33 heavy (non-hydrogen) atoms. The molecule has 2 amide bonds. The van der Waals surface area contributed by atoms with Crippen LogP contribution in [0.15, 0.2) is 36.5 Å². The van der Waals surface area contributed by atoms with Gasteiger partial charge in [0.05, 0.1) is 16.3 Å². The molecule has 1 aliphatic heterocycles. The molecule has 2 heterocycles. The maximum Gasteiger partial charge on any atom is 0.493 e. The Kier molecular flexibility index (Phi) is 7.49. The van der Waals surface area contributed by atoms with Gasteiger partial charge in [0.2, 0.25) is 5.91 Å². The van der Waals surface area contributed by atoms with Crippen molar-refractivity contribution in [1.82, 2.24) is 10.3 Å². The molecule has 176 valence electrons. The fourth-order valence-electron chi connectivity index (χ4n) is 3.05. The Balaban J connectivity index is 1.95. The molecule has 0 unspecified atom stereocenters. The summed E-state index contributed by atoms with van der Waals surface area (Å²) in [6, 6.07) is 4.96. The number of halogens is 5.